The maximum Gasteiger partial charge on any atom is 0.0977 e. The number of aromatic nitrogens is 2. The molecule has 0 saturated carbocycles. The summed E-state index contributed by atoms with van der Waals surface area (Å²) in [5.41, 5.74) is 8.73. The molecule has 0 unspecified atom stereocenters. The molecule has 0 atom stereocenters. The van der Waals surface area contributed by atoms with E-state index in [1.165, 1.54) is 16.1 Å². The number of allylic oxidation sites excluding steroid dienone is 6. The lowest BCUT2D eigenvalue weighted by atomic mass is 9.87. The van der Waals surface area contributed by atoms with E-state index in [2.05, 4.69) is 97.0 Å². The Bertz CT molecular complexity index is 1400. The Morgan fingerprint density at radius 1 is 0.917 bits per heavy atom. The molecule has 4 rings (SSSR count). The largest absolute Gasteiger partial charge is 0.252 e. The second-order valence-electron chi connectivity index (χ2n) is 11.4. The van der Waals surface area contributed by atoms with Gasteiger partial charge in [-0.25, -0.2) is 4.98 Å². The number of hydrogen-bond acceptors (Lipinski definition) is 4. The van der Waals surface area contributed by atoms with Crippen molar-refractivity contribution >= 4 is 45.9 Å². The van der Waals surface area contributed by atoms with Gasteiger partial charge in [0.2, 0.25) is 0 Å². The number of thioether (sulfide) groups is 1. The number of benzene rings is 2. The molecule has 2 aromatic carbocycles. The highest BCUT2D eigenvalue weighted by molar-refractivity contribution is 8.03. The number of rotatable bonds is 4. The molecule has 186 valence electrons. The van der Waals surface area contributed by atoms with Crippen LogP contribution < -0.4 is 0 Å². The molecule has 0 saturated heterocycles. The van der Waals surface area contributed by atoms with Crippen molar-refractivity contribution in [1.82, 2.24) is 9.97 Å². The first-order valence-electron chi connectivity index (χ1n) is 12.4. The van der Waals surface area contributed by atoms with E-state index in [-0.39, 0.29) is 10.8 Å². The molecule has 0 spiro atoms. The van der Waals surface area contributed by atoms with Crippen molar-refractivity contribution in [3.63, 3.8) is 0 Å². The lowest BCUT2D eigenvalue weighted by Gasteiger charge is -2.25. The topological polar surface area (TPSA) is 25.8 Å². The van der Waals surface area contributed by atoms with E-state index in [4.69, 9.17) is 22.6 Å². The molecule has 4 heteroatoms. The van der Waals surface area contributed by atoms with Crippen molar-refractivity contribution in [3.8, 4) is 11.3 Å². The highest BCUT2D eigenvalue weighted by Gasteiger charge is 2.22. The summed E-state index contributed by atoms with van der Waals surface area (Å²) in [6, 6.07) is 14.6. The predicted octanol–water partition coefficient (Wildman–Crippen LogP) is 9.62. The second-order valence-corrected chi connectivity index (χ2v) is 12.9. The number of hydrogen-bond donors (Lipinski definition) is 1. The molecule has 2 heterocycles. The smallest absolute Gasteiger partial charge is 0.0977 e. The van der Waals surface area contributed by atoms with Crippen LogP contribution in [0.1, 0.15) is 59.6 Å². The minimum Gasteiger partial charge on any atom is -0.252 e. The Hall–Kier alpha value is -2.56. The lowest BCUT2D eigenvalue weighted by molar-refractivity contribution is 0.504. The van der Waals surface area contributed by atoms with Gasteiger partial charge in [-0.15, -0.1) is 24.4 Å². The van der Waals surface area contributed by atoms with E-state index in [9.17, 15) is 0 Å². The molecule has 0 amide bonds. The fourth-order valence-corrected chi connectivity index (χ4v) is 5.33. The summed E-state index contributed by atoms with van der Waals surface area (Å²) in [4.78, 5) is 12.4. The van der Waals surface area contributed by atoms with Crippen LogP contribution in [0.2, 0.25) is 0 Å². The third-order valence-electron chi connectivity index (χ3n) is 6.62. The van der Waals surface area contributed by atoms with Crippen molar-refractivity contribution in [2.75, 3.05) is 5.75 Å². The van der Waals surface area contributed by atoms with Gasteiger partial charge in [0.25, 0.3) is 0 Å². The summed E-state index contributed by atoms with van der Waals surface area (Å²) in [6.45, 7) is 15.6. The first-order chi connectivity index (χ1) is 16.9. The Morgan fingerprint density at radius 3 is 2.25 bits per heavy atom. The van der Waals surface area contributed by atoms with Gasteiger partial charge in [-0.2, -0.15) is 0 Å². The summed E-state index contributed by atoms with van der Waals surface area (Å²) >= 11 is 6.80. The average molecular weight is 513 g/mol. The normalized spacial score (nSPS) is 15.7. The Labute approximate surface area is 226 Å². The first kappa shape index (κ1) is 26.5. The van der Waals surface area contributed by atoms with Crippen LogP contribution in [-0.4, -0.2) is 15.7 Å². The summed E-state index contributed by atoms with van der Waals surface area (Å²) in [5.74, 6) is 0.923. The fourth-order valence-electron chi connectivity index (χ4n) is 3.92. The highest BCUT2D eigenvalue weighted by atomic mass is 32.2. The zero-order valence-electron chi connectivity index (χ0n) is 22.4. The average Bonchev–Trinajstić information content (AvgIpc) is 2.85. The Kier molecular flexibility index (Phi) is 7.68. The van der Waals surface area contributed by atoms with Crippen LogP contribution in [-0.2, 0) is 0 Å². The molecule has 1 aromatic heterocycles. The van der Waals surface area contributed by atoms with Gasteiger partial charge in [0.1, 0.15) is 0 Å². The van der Waals surface area contributed by atoms with Gasteiger partial charge in [-0.1, -0.05) is 108 Å². The molecular formula is C32H36N2S2. The van der Waals surface area contributed by atoms with Crippen molar-refractivity contribution in [1.29, 1.82) is 0 Å². The standard InChI is InChI=1S/C32H36N2S2/c1-21(31(2,3)4)13-17-27(35)25-16-15-24(23-14-18-28(36-20-23)32(5,6)7)30-29(25)33-19-26(34-30)22-11-9-8-10-12-22/h8-19,35H,20H2,1-7H3/b21-13+,27-17-. The van der Waals surface area contributed by atoms with Gasteiger partial charge in [-0.3, -0.25) is 4.98 Å². The van der Waals surface area contributed by atoms with Crippen molar-refractivity contribution in [2.45, 2.75) is 48.5 Å². The van der Waals surface area contributed by atoms with Crippen LogP contribution in [0, 0.1) is 10.8 Å². The van der Waals surface area contributed by atoms with Gasteiger partial charge in [0, 0.05) is 27.3 Å². The van der Waals surface area contributed by atoms with Gasteiger partial charge in [0.05, 0.1) is 22.9 Å². The minimum absolute atomic E-state index is 0.116. The fraction of sp³-hybridized carbons (Fsp3) is 0.312. The lowest BCUT2D eigenvalue weighted by Crippen LogP contribution is -2.09. The summed E-state index contributed by atoms with van der Waals surface area (Å²) in [6.07, 6.45) is 10.6. The number of thiol groups is 1. The first-order valence-corrected chi connectivity index (χ1v) is 13.9. The predicted molar refractivity (Wildman–Crippen MR) is 163 cm³/mol. The summed E-state index contributed by atoms with van der Waals surface area (Å²) < 4.78 is 0. The van der Waals surface area contributed by atoms with Gasteiger partial charge in [-0.05, 0) is 34.3 Å². The van der Waals surface area contributed by atoms with Crippen LogP contribution in [0.5, 0.6) is 0 Å². The van der Waals surface area contributed by atoms with Crippen LogP contribution in [0.4, 0.5) is 0 Å². The number of fused-ring (bicyclic) bond motifs is 1. The molecule has 0 N–H and O–H groups in total. The molecule has 36 heavy (non-hydrogen) atoms. The quantitative estimate of drug-likeness (QED) is 0.278. The zero-order valence-corrected chi connectivity index (χ0v) is 24.1. The van der Waals surface area contributed by atoms with E-state index in [0.717, 1.165) is 44.1 Å². The maximum atomic E-state index is 5.16. The van der Waals surface area contributed by atoms with Gasteiger partial charge >= 0.3 is 0 Å². The van der Waals surface area contributed by atoms with Gasteiger partial charge in [0.15, 0.2) is 0 Å². The molecule has 0 aliphatic carbocycles. The van der Waals surface area contributed by atoms with Crippen LogP contribution >= 0.6 is 24.4 Å². The van der Waals surface area contributed by atoms with Crippen molar-refractivity contribution in [3.05, 3.63) is 94.6 Å². The van der Waals surface area contributed by atoms with Crippen molar-refractivity contribution < 1.29 is 0 Å². The summed E-state index contributed by atoms with van der Waals surface area (Å²) in [5, 5.41) is 0. The van der Waals surface area contributed by atoms with E-state index in [1.807, 2.05) is 36.2 Å². The third-order valence-corrected chi connectivity index (χ3v) is 8.53. The van der Waals surface area contributed by atoms with E-state index < -0.39 is 0 Å². The van der Waals surface area contributed by atoms with E-state index in [1.54, 1.807) is 0 Å². The van der Waals surface area contributed by atoms with Gasteiger partial charge < -0.3 is 0 Å². The molecule has 0 fully saturated rings. The van der Waals surface area contributed by atoms with Crippen LogP contribution in [0.15, 0.2) is 83.4 Å². The molecule has 0 radical (unpaired) electrons. The molecule has 1 aliphatic heterocycles. The van der Waals surface area contributed by atoms with Crippen LogP contribution in [0.3, 0.4) is 0 Å². The monoisotopic (exact) mass is 512 g/mol. The zero-order chi connectivity index (χ0) is 26.1. The molecule has 0 bridgehead atoms. The minimum atomic E-state index is 0.116. The molecule has 1 aliphatic rings. The summed E-state index contributed by atoms with van der Waals surface area (Å²) in [7, 11) is 0. The van der Waals surface area contributed by atoms with E-state index >= 15 is 0 Å². The molecular weight excluding hydrogens is 477 g/mol. The molecule has 3 aromatic rings. The van der Waals surface area contributed by atoms with Crippen LogP contribution in [0.25, 0.3) is 32.8 Å². The third kappa shape index (κ3) is 5.87. The van der Waals surface area contributed by atoms with Crippen molar-refractivity contribution in [2.24, 2.45) is 10.8 Å². The highest BCUT2D eigenvalue weighted by Crippen LogP contribution is 2.41. The Balaban J connectivity index is 1.88. The SMILES string of the molecule is C/C(=C\C=C(/S)c1ccc(C2=CC=C(C(C)(C)C)SC2)c2nc(-c3ccccc3)cnc12)C(C)(C)C. The Morgan fingerprint density at radius 2 is 1.64 bits per heavy atom. The second kappa shape index (κ2) is 10.4. The maximum absolute atomic E-state index is 5.16. The van der Waals surface area contributed by atoms with E-state index in [0.29, 0.717) is 0 Å². The molecule has 2 nitrogen and oxygen atoms in total. The number of nitrogens with zero attached hydrogens (tertiary/aromatic N) is 2.